The number of hydrogen-bond donors (Lipinski definition) is 3. The molecule has 0 aromatic carbocycles. The molecule has 2 heterocycles. The fraction of sp³-hybridized carbons (Fsp3) is 0.824. The van der Waals surface area contributed by atoms with E-state index in [1.54, 1.807) is 13.8 Å². The van der Waals surface area contributed by atoms with E-state index in [9.17, 15) is 29.7 Å². The zero-order chi connectivity index (χ0) is 21.2. The van der Waals surface area contributed by atoms with Gasteiger partial charge in [-0.25, -0.2) is 0 Å². The smallest absolute Gasteiger partial charge is 0.315 e. The molecule has 0 spiro atoms. The highest BCUT2D eigenvalue weighted by atomic mass is 16.7. The van der Waals surface area contributed by atoms with E-state index in [1.807, 2.05) is 0 Å². The van der Waals surface area contributed by atoms with Crippen molar-refractivity contribution in [2.75, 3.05) is 7.11 Å². The summed E-state index contributed by atoms with van der Waals surface area (Å²) >= 11 is 0. The predicted molar refractivity (Wildman–Crippen MR) is 88.9 cm³/mol. The first-order valence-electron chi connectivity index (χ1n) is 8.85. The lowest BCUT2D eigenvalue weighted by atomic mass is 9.84. The third-order valence-corrected chi connectivity index (χ3v) is 5.37. The lowest BCUT2D eigenvalue weighted by Crippen LogP contribution is -2.61. The Kier molecular flexibility index (Phi) is 7.34. The monoisotopic (exact) mass is 406 g/mol. The van der Waals surface area contributed by atoms with Crippen LogP contribution in [-0.4, -0.2) is 83.9 Å². The van der Waals surface area contributed by atoms with E-state index < -0.39 is 72.8 Å². The van der Waals surface area contributed by atoms with Crippen LogP contribution in [0.25, 0.3) is 0 Å². The van der Waals surface area contributed by atoms with Crippen molar-refractivity contribution in [1.82, 2.24) is 0 Å². The van der Waals surface area contributed by atoms with Crippen LogP contribution < -0.4 is 0 Å². The molecule has 2 aliphatic heterocycles. The molecular weight excluding hydrogens is 380 g/mol. The van der Waals surface area contributed by atoms with Gasteiger partial charge in [-0.05, 0) is 13.8 Å². The van der Waals surface area contributed by atoms with Crippen molar-refractivity contribution >= 4 is 18.4 Å². The van der Waals surface area contributed by atoms with Crippen molar-refractivity contribution in [3.63, 3.8) is 0 Å². The summed E-state index contributed by atoms with van der Waals surface area (Å²) in [5, 5.41) is 29.7. The third-order valence-electron chi connectivity index (χ3n) is 5.37. The van der Waals surface area contributed by atoms with Gasteiger partial charge in [-0.1, -0.05) is 6.92 Å². The molecule has 10 atom stereocenters. The number of methoxy groups -OCH3 is 1. The van der Waals surface area contributed by atoms with Crippen LogP contribution in [0.2, 0.25) is 0 Å². The quantitative estimate of drug-likeness (QED) is 0.466. The second kappa shape index (κ2) is 9.14. The van der Waals surface area contributed by atoms with E-state index in [0.717, 1.165) is 0 Å². The number of carboxylic acid groups (broad SMARTS) is 2. The van der Waals surface area contributed by atoms with Crippen molar-refractivity contribution < 1.29 is 53.4 Å². The number of hydrogen-bond acceptors (Lipinski definition) is 9. The zero-order valence-electron chi connectivity index (χ0n) is 16.0. The van der Waals surface area contributed by atoms with Crippen LogP contribution in [0.3, 0.4) is 0 Å². The molecule has 2 fully saturated rings. The van der Waals surface area contributed by atoms with E-state index in [2.05, 4.69) is 0 Å². The summed E-state index contributed by atoms with van der Waals surface area (Å²) in [5.41, 5.74) is 0. The van der Waals surface area contributed by atoms with Crippen molar-refractivity contribution in [3.8, 4) is 0 Å². The largest absolute Gasteiger partial charge is 0.481 e. The molecule has 3 N–H and O–H groups in total. The normalized spacial score (nSPS) is 43.9. The summed E-state index contributed by atoms with van der Waals surface area (Å²) in [6.07, 6.45) is -7.89. The van der Waals surface area contributed by atoms with E-state index >= 15 is 0 Å². The van der Waals surface area contributed by atoms with Gasteiger partial charge >= 0.3 is 11.9 Å². The van der Waals surface area contributed by atoms with Crippen LogP contribution in [0.4, 0.5) is 0 Å². The third kappa shape index (κ3) is 4.28. The molecular formula is C17H26O11. The van der Waals surface area contributed by atoms with Gasteiger partial charge in [-0.3, -0.25) is 14.4 Å². The molecule has 0 saturated carbocycles. The standard InChI is InChI=1S/C17H26O11/c1-6-7(2)26-17(9(14(20)21)12(6)25-5-18)28-13-10(15(22)23)16(24-4)27-8(3)11(13)19/h5-13,16-17,19H,1-4H3,(H,20,21)(H,22,23)/t6-,7?,8?,9?,10?,11-,12-,13+,16-,17-/m0/s1. The molecule has 2 rings (SSSR count). The number of ether oxygens (including phenoxy) is 5. The first-order chi connectivity index (χ1) is 13.1. The van der Waals surface area contributed by atoms with Crippen molar-refractivity contribution in [1.29, 1.82) is 0 Å². The topological polar surface area (TPSA) is 158 Å². The van der Waals surface area contributed by atoms with E-state index in [-0.39, 0.29) is 6.47 Å². The van der Waals surface area contributed by atoms with Gasteiger partial charge in [0.2, 0.25) is 0 Å². The van der Waals surface area contributed by atoms with Gasteiger partial charge in [0.1, 0.15) is 30.1 Å². The molecule has 4 unspecified atom stereocenters. The van der Waals surface area contributed by atoms with Gasteiger partial charge in [-0.15, -0.1) is 0 Å². The number of rotatable bonds is 7. The highest BCUT2D eigenvalue weighted by Crippen LogP contribution is 2.37. The minimum absolute atomic E-state index is 0.151. The molecule has 11 nitrogen and oxygen atoms in total. The molecule has 0 amide bonds. The maximum atomic E-state index is 11.8. The van der Waals surface area contributed by atoms with Crippen molar-refractivity contribution in [3.05, 3.63) is 0 Å². The van der Waals surface area contributed by atoms with Gasteiger partial charge in [0.25, 0.3) is 6.47 Å². The molecule has 160 valence electrons. The summed E-state index contributed by atoms with van der Waals surface area (Å²) in [4.78, 5) is 34.4. The Morgan fingerprint density at radius 3 is 1.96 bits per heavy atom. The molecule has 0 radical (unpaired) electrons. The average Bonchev–Trinajstić information content (AvgIpc) is 2.62. The van der Waals surface area contributed by atoms with Crippen LogP contribution in [0, 0.1) is 17.8 Å². The number of carboxylic acids is 2. The minimum atomic E-state index is -1.46. The van der Waals surface area contributed by atoms with Gasteiger partial charge < -0.3 is 39.0 Å². The Bertz CT molecular complexity index is 581. The van der Waals surface area contributed by atoms with Crippen LogP contribution in [-0.2, 0) is 38.1 Å². The van der Waals surface area contributed by atoms with Crippen molar-refractivity contribution in [2.24, 2.45) is 17.8 Å². The number of carbonyl (C=O) groups is 3. The summed E-state index contributed by atoms with van der Waals surface area (Å²) < 4.78 is 26.7. The summed E-state index contributed by atoms with van der Waals surface area (Å²) in [6.45, 7) is 4.97. The molecule has 28 heavy (non-hydrogen) atoms. The fourth-order valence-corrected chi connectivity index (χ4v) is 3.61. The molecule has 0 aromatic heterocycles. The molecule has 11 heteroatoms. The lowest BCUT2D eigenvalue weighted by molar-refractivity contribution is -0.327. The molecule has 2 aliphatic rings. The Morgan fingerprint density at radius 1 is 0.929 bits per heavy atom. The highest BCUT2D eigenvalue weighted by molar-refractivity contribution is 5.72. The SMILES string of the molecule is CO[C@H]1OC(C)[C@H](O)[C@H](O[C@@H]2OC(C)[C@H](C)[C@H](OC=O)C2C(=O)O)C1C(=O)O. The van der Waals surface area contributed by atoms with Gasteiger partial charge in [0.05, 0.1) is 12.2 Å². The van der Waals surface area contributed by atoms with Gasteiger partial charge in [0, 0.05) is 13.0 Å². The summed E-state index contributed by atoms with van der Waals surface area (Å²) in [6, 6.07) is 0. The van der Waals surface area contributed by atoms with Gasteiger partial charge in [-0.2, -0.15) is 0 Å². The Balaban J connectivity index is 2.35. The minimum Gasteiger partial charge on any atom is -0.481 e. The van der Waals surface area contributed by atoms with E-state index in [1.165, 1.54) is 14.0 Å². The molecule has 0 bridgehead atoms. The first-order valence-corrected chi connectivity index (χ1v) is 8.85. The number of aliphatic hydroxyl groups is 1. The molecule has 0 aliphatic carbocycles. The van der Waals surface area contributed by atoms with Crippen LogP contribution in [0.1, 0.15) is 20.8 Å². The van der Waals surface area contributed by atoms with Gasteiger partial charge in [0.15, 0.2) is 12.6 Å². The van der Waals surface area contributed by atoms with Crippen LogP contribution in [0.5, 0.6) is 0 Å². The Hall–Kier alpha value is -1.79. The zero-order valence-corrected chi connectivity index (χ0v) is 16.0. The average molecular weight is 406 g/mol. The van der Waals surface area contributed by atoms with Crippen molar-refractivity contribution in [2.45, 2.75) is 63.9 Å². The number of aliphatic hydroxyl groups excluding tert-OH is 1. The second-order valence-electron chi connectivity index (χ2n) is 7.03. The molecule has 0 aromatic rings. The predicted octanol–water partition coefficient (Wildman–Crippen LogP) is -0.552. The maximum Gasteiger partial charge on any atom is 0.315 e. The molecule has 2 saturated heterocycles. The maximum absolute atomic E-state index is 11.8. The lowest BCUT2D eigenvalue weighted by Gasteiger charge is -2.46. The van der Waals surface area contributed by atoms with E-state index in [4.69, 9.17) is 23.7 Å². The van der Waals surface area contributed by atoms with Crippen LogP contribution in [0.15, 0.2) is 0 Å². The summed E-state index contributed by atoms with van der Waals surface area (Å²) in [7, 11) is 1.25. The van der Waals surface area contributed by atoms with E-state index in [0.29, 0.717) is 0 Å². The number of carbonyl (C=O) groups excluding carboxylic acids is 1. The number of aliphatic carboxylic acids is 2. The Morgan fingerprint density at radius 2 is 1.46 bits per heavy atom. The van der Waals surface area contributed by atoms with Crippen LogP contribution >= 0.6 is 0 Å². The summed E-state index contributed by atoms with van der Waals surface area (Å²) in [5.74, 6) is -6.01. The fourth-order valence-electron chi connectivity index (χ4n) is 3.61. The first kappa shape index (κ1) is 22.5. The highest BCUT2D eigenvalue weighted by Gasteiger charge is 2.54. The Labute approximate surface area is 161 Å². The second-order valence-corrected chi connectivity index (χ2v) is 7.03.